The van der Waals surface area contributed by atoms with E-state index in [4.69, 9.17) is 4.74 Å². The van der Waals surface area contributed by atoms with Crippen molar-refractivity contribution in [3.8, 4) is 5.75 Å². The number of amides is 1. The minimum atomic E-state index is -0.557. The van der Waals surface area contributed by atoms with E-state index < -0.39 is 11.7 Å². The Bertz CT molecular complexity index is 903. The molecule has 1 N–H and O–H groups in total. The average Bonchev–Trinajstić information content (AvgIpc) is 2.67. The maximum atomic E-state index is 13.8. The molecule has 0 aliphatic heterocycles. The summed E-state index contributed by atoms with van der Waals surface area (Å²) in [5.41, 5.74) is 1.69. The molecule has 1 amide bonds. The van der Waals surface area contributed by atoms with Crippen LogP contribution in [0.25, 0.3) is 0 Å². The van der Waals surface area contributed by atoms with Crippen LogP contribution in [0.15, 0.2) is 71.3 Å². The third-order valence-corrected chi connectivity index (χ3v) is 4.13. The van der Waals surface area contributed by atoms with Crippen molar-refractivity contribution >= 4 is 21.8 Å². The number of benzene rings is 2. The minimum Gasteiger partial charge on any atom is -0.487 e. The number of aromatic nitrogens is 1. The molecule has 0 fully saturated rings. The average molecular weight is 415 g/mol. The van der Waals surface area contributed by atoms with E-state index in [1.165, 1.54) is 12.1 Å². The minimum absolute atomic E-state index is 0.00179. The second-order valence-electron chi connectivity index (χ2n) is 5.56. The van der Waals surface area contributed by atoms with Gasteiger partial charge in [0.25, 0.3) is 5.91 Å². The van der Waals surface area contributed by atoms with Gasteiger partial charge in [0.05, 0.1) is 11.3 Å². The van der Waals surface area contributed by atoms with Crippen LogP contribution in [0.3, 0.4) is 0 Å². The summed E-state index contributed by atoms with van der Waals surface area (Å²) in [4.78, 5) is 16.4. The van der Waals surface area contributed by atoms with Crippen molar-refractivity contribution in [2.75, 3.05) is 0 Å². The topological polar surface area (TPSA) is 51.2 Å². The van der Waals surface area contributed by atoms with E-state index in [-0.39, 0.29) is 12.1 Å². The van der Waals surface area contributed by atoms with Crippen LogP contribution < -0.4 is 10.1 Å². The Morgan fingerprint density at radius 1 is 1.12 bits per heavy atom. The van der Waals surface area contributed by atoms with Gasteiger partial charge in [-0.05, 0) is 48.0 Å². The number of halogens is 2. The molecule has 6 heteroatoms. The maximum absolute atomic E-state index is 13.8. The van der Waals surface area contributed by atoms with Crippen molar-refractivity contribution in [2.24, 2.45) is 0 Å². The number of rotatable bonds is 6. The summed E-state index contributed by atoms with van der Waals surface area (Å²) >= 11 is 3.24. The number of carbonyl (C=O) groups is 1. The molecule has 0 radical (unpaired) electrons. The van der Waals surface area contributed by atoms with Gasteiger partial charge >= 0.3 is 0 Å². The van der Waals surface area contributed by atoms with E-state index >= 15 is 0 Å². The van der Waals surface area contributed by atoms with Crippen LogP contribution in [0.5, 0.6) is 5.75 Å². The fraction of sp³-hybridized carbons (Fsp3) is 0.100. The zero-order chi connectivity index (χ0) is 18.4. The Labute approximate surface area is 159 Å². The molecule has 132 valence electrons. The predicted octanol–water partition coefficient (Wildman–Crippen LogP) is 4.49. The number of nitrogens with one attached hydrogen (secondary N) is 1. The summed E-state index contributed by atoms with van der Waals surface area (Å²) in [6, 6.07) is 17.3. The zero-order valence-corrected chi connectivity index (χ0v) is 15.4. The number of nitrogens with zero attached hydrogens (tertiary/aromatic N) is 1. The lowest BCUT2D eigenvalue weighted by Gasteiger charge is -2.09. The van der Waals surface area contributed by atoms with E-state index in [1.54, 1.807) is 12.3 Å². The van der Waals surface area contributed by atoms with Gasteiger partial charge in [0.1, 0.15) is 18.2 Å². The maximum Gasteiger partial charge on any atom is 0.254 e. The molecule has 2 aromatic carbocycles. The Hall–Kier alpha value is -2.73. The first-order chi connectivity index (χ1) is 12.6. The van der Waals surface area contributed by atoms with Gasteiger partial charge in [-0.1, -0.05) is 34.1 Å². The molecule has 3 rings (SSSR count). The van der Waals surface area contributed by atoms with Crippen molar-refractivity contribution in [1.29, 1.82) is 0 Å². The first-order valence-electron chi connectivity index (χ1n) is 7.97. The Morgan fingerprint density at radius 2 is 2.00 bits per heavy atom. The second-order valence-corrected chi connectivity index (χ2v) is 6.48. The monoisotopic (exact) mass is 414 g/mol. The summed E-state index contributed by atoms with van der Waals surface area (Å²) in [7, 11) is 0. The van der Waals surface area contributed by atoms with Crippen LogP contribution in [0.2, 0.25) is 0 Å². The highest BCUT2D eigenvalue weighted by Crippen LogP contribution is 2.17. The van der Waals surface area contributed by atoms with Gasteiger partial charge in [-0.15, -0.1) is 0 Å². The van der Waals surface area contributed by atoms with Crippen molar-refractivity contribution < 1.29 is 13.9 Å². The lowest BCUT2D eigenvalue weighted by molar-refractivity contribution is 0.0946. The van der Waals surface area contributed by atoms with Gasteiger partial charge in [0, 0.05) is 17.2 Å². The number of hydrogen-bond donors (Lipinski definition) is 1. The quantitative estimate of drug-likeness (QED) is 0.646. The Balaban J connectivity index is 1.60. The molecular formula is C20H16BrFN2O2. The van der Waals surface area contributed by atoms with Crippen molar-refractivity contribution in [2.45, 2.75) is 13.2 Å². The molecule has 4 nitrogen and oxygen atoms in total. The molecule has 1 aromatic heterocycles. The van der Waals surface area contributed by atoms with E-state index in [0.717, 1.165) is 11.3 Å². The lowest BCUT2D eigenvalue weighted by atomic mass is 10.1. The molecule has 0 aliphatic carbocycles. The van der Waals surface area contributed by atoms with Crippen LogP contribution in [0.1, 0.15) is 21.6 Å². The molecule has 26 heavy (non-hydrogen) atoms. The number of pyridine rings is 1. The first kappa shape index (κ1) is 18.1. The van der Waals surface area contributed by atoms with Crippen LogP contribution in [-0.2, 0) is 13.2 Å². The molecule has 0 bridgehead atoms. The molecule has 0 unspecified atom stereocenters. The Morgan fingerprint density at radius 3 is 2.81 bits per heavy atom. The third kappa shape index (κ3) is 4.89. The summed E-state index contributed by atoms with van der Waals surface area (Å²) in [5.74, 6) is -0.349. The first-order valence-corrected chi connectivity index (χ1v) is 8.76. The molecular weight excluding hydrogens is 399 g/mol. The van der Waals surface area contributed by atoms with Gasteiger partial charge in [-0.25, -0.2) is 4.39 Å². The van der Waals surface area contributed by atoms with Gasteiger partial charge < -0.3 is 10.1 Å². The number of hydrogen-bond acceptors (Lipinski definition) is 3. The molecule has 0 spiro atoms. The van der Waals surface area contributed by atoms with Gasteiger partial charge in [-0.3, -0.25) is 9.78 Å². The van der Waals surface area contributed by atoms with E-state index in [0.29, 0.717) is 16.8 Å². The van der Waals surface area contributed by atoms with E-state index in [9.17, 15) is 9.18 Å². The zero-order valence-electron chi connectivity index (χ0n) is 13.8. The molecule has 1 heterocycles. The van der Waals surface area contributed by atoms with Gasteiger partial charge in [0.2, 0.25) is 0 Å². The second kappa shape index (κ2) is 8.58. The predicted molar refractivity (Wildman–Crippen MR) is 100 cm³/mol. The standard InChI is InChI=1S/C20H16BrFN2O2/c21-15-7-8-19(22)18(11-15)20(25)24-12-14-4-3-6-17(10-14)26-13-16-5-1-2-9-23-16/h1-11H,12-13H2,(H,24,25). The van der Waals surface area contributed by atoms with Crippen LogP contribution in [0, 0.1) is 5.82 Å². The molecule has 0 saturated carbocycles. The lowest BCUT2D eigenvalue weighted by Crippen LogP contribution is -2.23. The largest absolute Gasteiger partial charge is 0.487 e. The van der Waals surface area contributed by atoms with Crippen molar-refractivity contribution in [3.63, 3.8) is 0 Å². The van der Waals surface area contributed by atoms with Gasteiger partial charge in [-0.2, -0.15) is 0 Å². The van der Waals surface area contributed by atoms with Crippen LogP contribution in [0.4, 0.5) is 4.39 Å². The normalized spacial score (nSPS) is 10.4. The summed E-state index contributed by atoms with van der Waals surface area (Å²) in [6.07, 6.45) is 1.71. The number of carbonyl (C=O) groups excluding carboxylic acids is 1. The number of ether oxygens (including phenoxy) is 1. The highest BCUT2D eigenvalue weighted by atomic mass is 79.9. The molecule has 0 atom stereocenters. The molecule has 3 aromatic rings. The van der Waals surface area contributed by atoms with Crippen LogP contribution in [-0.4, -0.2) is 10.9 Å². The SMILES string of the molecule is O=C(NCc1cccc(OCc2ccccn2)c1)c1cc(Br)ccc1F. The van der Waals surface area contributed by atoms with Crippen LogP contribution >= 0.6 is 15.9 Å². The van der Waals surface area contributed by atoms with E-state index in [1.807, 2.05) is 42.5 Å². The van der Waals surface area contributed by atoms with E-state index in [2.05, 4.69) is 26.2 Å². The van der Waals surface area contributed by atoms with Crippen molar-refractivity contribution in [3.05, 3.63) is 94.0 Å². The fourth-order valence-electron chi connectivity index (χ4n) is 2.34. The highest BCUT2D eigenvalue weighted by Gasteiger charge is 2.12. The summed E-state index contributed by atoms with van der Waals surface area (Å²) in [6.45, 7) is 0.630. The smallest absolute Gasteiger partial charge is 0.254 e. The molecule has 0 aliphatic rings. The van der Waals surface area contributed by atoms with Gasteiger partial charge in [0.15, 0.2) is 0 Å². The Kier molecular flexibility index (Phi) is 5.96. The van der Waals surface area contributed by atoms with Crippen molar-refractivity contribution in [1.82, 2.24) is 10.3 Å². The third-order valence-electron chi connectivity index (χ3n) is 3.64. The summed E-state index contributed by atoms with van der Waals surface area (Å²) in [5, 5.41) is 2.72. The fourth-order valence-corrected chi connectivity index (χ4v) is 2.70. The highest BCUT2D eigenvalue weighted by molar-refractivity contribution is 9.10. The summed E-state index contributed by atoms with van der Waals surface area (Å²) < 4.78 is 20.1. The molecule has 0 saturated heterocycles.